The molecule has 39 heavy (non-hydrogen) atoms. The summed E-state index contributed by atoms with van der Waals surface area (Å²) in [5.41, 5.74) is 6.97. The summed E-state index contributed by atoms with van der Waals surface area (Å²) >= 11 is 1.61. The number of pyridine rings is 1. The van der Waals surface area contributed by atoms with E-state index in [0.29, 0.717) is 13.2 Å². The Morgan fingerprint density at radius 2 is 1.77 bits per heavy atom. The van der Waals surface area contributed by atoms with Crippen molar-refractivity contribution in [2.24, 2.45) is 21.1 Å². The van der Waals surface area contributed by atoms with Crippen LogP contribution in [0.3, 0.4) is 0 Å². The van der Waals surface area contributed by atoms with Gasteiger partial charge in [0.1, 0.15) is 5.69 Å². The van der Waals surface area contributed by atoms with E-state index in [2.05, 4.69) is 31.6 Å². The molecule has 0 spiro atoms. The number of hydrogen-bond acceptors (Lipinski definition) is 8. The van der Waals surface area contributed by atoms with Crippen LogP contribution in [0.1, 0.15) is 5.01 Å². The first kappa shape index (κ1) is 23.8. The van der Waals surface area contributed by atoms with E-state index in [1.165, 1.54) is 0 Å². The molecule has 11 nitrogen and oxygen atoms in total. The number of rotatable bonds is 4. The van der Waals surface area contributed by atoms with Gasteiger partial charge in [0, 0.05) is 40.4 Å². The number of morpholine rings is 1. The van der Waals surface area contributed by atoms with Gasteiger partial charge < -0.3 is 14.2 Å². The summed E-state index contributed by atoms with van der Waals surface area (Å²) in [7, 11) is 5.60. The van der Waals surface area contributed by atoms with Gasteiger partial charge >= 0.3 is 5.69 Å². The molecule has 0 unspecified atom stereocenters. The van der Waals surface area contributed by atoms with Gasteiger partial charge in [-0.15, -0.1) is 11.3 Å². The first-order chi connectivity index (χ1) is 18.9. The molecule has 0 atom stereocenters. The summed E-state index contributed by atoms with van der Waals surface area (Å²) in [5, 5.41) is 0.991. The van der Waals surface area contributed by atoms with Gasteiger partial charge in [-0.25, -0.2) is 19.7 Å². The van der Waals surface area contributed by atoms with E-state index in [0.717, 1.165) is 73.6 Å². The molecule has 0 radical (unpaired) electrons. The van der Waals surface area contributed by atoms with E-state index in [-0.39, 0.29) is 5.69 Å². The number of aryl methyl sites for hydroxylation is 4. The molecule has 1 saturated heterocycles. The van der Waals surface area contributed by atoms with E-state index in [9.17, 15) is 4.79 Å². The van der Waals surface area contributed by atoms with E-state index < -0.39 is 0 Å². The second-order valence-corrected chi connectivity index (χ2v) is 11.0. The lowest BCUT2D eigenvalue weighted by atomic mass is 10.2. The number of fused-ring (bicyclic) bond motifs is 2. The van der Waals surface area contributed by atoms with Crippen LogP contribution < -0.4 is 10.6 Å². The highest BCUT2D eigenvalue weighted by Crippen LogP contribution is 2.35. The van der Waals surface area contributed by atoms with Gasteiger partial charge in [0.2, 0.25) is 0 Å². The van der Waals surface area contributed by atoms with Crippen molar-refractivity contribution in [3.8, 4) is 27.8 Å². The first-order valence-corrected chi connectivity index (χ1v) is 13.5. The Bertz CT molecular complexity index is 1930. The Hall–Kier alpha value is -4.29. The number of ether oxygens (including phenoxy) is 1. The SMILES string of the molecule is Cc1ncc(-c2cc3nc(-c4cncn4C)n(-c4cc(N5CCOCC5)c5c(c4)n(C)c(=O)n5C)c3cn2)s1. The molecule has 1 aromatic carbocycles. The number of aromatic nitrogens is 8. The zero-order valence-electron chi connectivity index (χ0n) is 22.1. The summed E-state index contributed by atoms with van der Waals surface area (Å²) < 4.78 is 13.1. The van der Waals surface area contributed by atoms with E-state index in [1.807, 2.05) is 57.3 Å². The van der Waals surface area contributed by atoms with E-state index in [1.54, 1.807) is 26.8 Å². The molecule has 0 aliphatic carbocycles. The third-order valence-electron chi connectivity index (χ3n) is 7.40. The Morgan fingerprint density at radius 1 is 0.949 bits per heavy atom. The van der Waals surface area contributed by atoms with Crippen LogP contribution in [0.4, 0.5) is 5.69 Å². The van der Waals surface area contributed by atoms with Crippen molar-refractivity contribution in [3.63, 3.8) is 0 Å². The fourth-order valence-electron chi connectivity index (χ4n) is 5.39. The summed E-state index contributed by atoms with van der Waals surface area (Å²) in [6.45, 7) is 4.77. The van der Waals surface area contributed by atoms with Crippen molar-refractivity contribution in [2.45, 2.75) is 6.92 Å². The minimum Gasteiger partial charge on any atom is -0.378 e. The molecule has 6 heterocycles. The average Bonchev–Trinajstić information content (AvgIpc) is 3.72. The van der Waals surface area contributed by atoms with Crippen molar-refractivity contribution in [1.82, 2.24) is 38.2 Å². The highest BCUT2D eigenvalue weighted by atomic mass is 32.1. The van der Waals surface area contributed by atoms with Gasteiger partial charge in [-0.1, -0.05) is 0 Å². The van der Waals surface area contributed by atoms with Gasteiger partial charge in [-0.05, 0) is 25.1 Å². The lowest BCUT2D eigenvalue weighted by Gasteiger charge is -2.30. The predicted molar refractivity (Wildman–Crippen MR) is 152 cm³/mol. The molecule has 5 aromatic heterocycles. The standard InChI is InChI=1S/C27H27N9O2S/c1-16-29-14-24(39-16)19-11-18-22(13-30-19)36(26(31-18)23-12-28-15-32(23)2)17-9-20-25(34(4)27(37)33(20)3)21(10-17)35-5-7-38-8-6-35/h9-15H,5-8H2,1-4H3. The van der Waals surface area contributed by atoms with Crippen LogP contribution in [0, 0.1) is 6.92 Å². The molecule has 1 aliphatic heterocycles. The highest BCUT2D eigenvalue weighted by molar-refractivity contribution is 7.15. The Kier molecular flexibility index (Phi) is 5.42. The predicted octanol–water partition coefficient (Wildman–Crippen LogP) is 3.28. The number of nitrogens with zero attached hydrogens (tertiary/aromatic N) is 9. The molecule has 6 aromatic rings. The largest absolute Gasteiger partial charge is 0.378 e. The van der Waals surface area contributed by atoms with Crippen LogP contribution in [0.2, 0.25) is 0 Å². The van der Waals surface area contributed by atoms with Crippen molar-refractivity contribution in [3.05, 3.63) is 58.6 Å². The van der Waals surface area contributed by atoms with Crippen molar-refractivity contribution < 1.29 is 4.74 Å². The maximum atomic E-state index is 13.0. The fourth-order valence-corrected chi connectivity index (χ4v) is 6.13. The molecular formula is C27H27N9O2S. The minimum absolute atomic E-state index is 0.0647. The van der Waals surface area contributed by atoms with Crippen LogP contribution in [0.25, 0.3) is 49.8 Å². The third-order valence-corrected chi connectivity index (χ3v) is 8.33. The number of hydrogen-bond donors (Lipinski definition) is 0. The third kappa shape index (κ3) is 3.70. The summed E-state index contributed by atoms with van der Waals surface area (Å²) in [4.78, 5) is 35.0. The number of benzene rings is 1. The van der Waals surface area contributed by atoms with E-state index >= 15 is 0 Å². The monoisotopic (exact) mass is 541 g/mol. The van der Waals surface area contributed by atoms with E-state index in [4.69, 9.17) is 14.7 Å². The zero-order valence-corrected chi connectivity index (χ0v) is 22.9. The molecule has 1 aliphatic rings. The van der Waals surface area contributed by atoms with Crippen LogP contribution in [0.5, 0.6) is 0 Å². The summed E-state index contributed by atoms with van der Waals surface area (Å²) in [6.07, 6.45) is 7.31. The second kappa shape index (κ2) is 8.89. The van der Waals surface area contributed by atoms with Crippen molar-refractivity contribution in [2.75, 3.05) is 31.2 Å². The molecule has 0 N–H and O–H groups in total. The van der Waals surface area contributed by atoms with Gasteiger partial charge in [-0.3, -0.25) is 18.7 Å². The minimum atomic E-state index is -0.0647. The lowest BCUT2D eigenvalue weighted by Crippen LogP contribution is -2.36. The topological polar surface area (TPSA) is 101 Å². The quantitative estimate of drug-likeness (QED) is 0.338. The molecule has 198 valence electrons. The summed E-state index contributed by atoms with van der Waals surface area (Å²) in [6, 6.07) is 6.22. The zero-order chi connectivity index (χ0) is 26.8. The molecule has 1 fully saturated rings. The van der Waals surface area contributed by atoms with Crippen molar-refractivity contribution in [1.29, 1.82) is 0 Å². The second-order valence-electron chi connectivity index (χ2n) is 9.80. The molecule has 0 saturated carbocycles. The van der Waals surface area contributed by atoms with Gasteiger partial charge in [0.25, 0.3) is 0 Å². The molecule has 7 rings (SSSR count). The Balaban J connectivity index is 1.52. The molecular weight excluding hydrogens is 514 g/mol. The molecule has 12 heteroatoms. The Morgan fingerprint density at radius 3 is 2.49 bits per heavy atom. The maximum Gasteiger partial charge on any atom is 0.328 e. The van der Waals surface area contributed by atoms with Crippen molar-refractivity contribution >= 4 is 39.1 Å². The Labute approximate surface area is 227 Å². The van der Waals surface area contributed by atoms with Gasteiger partial charge in [-0.2, -0.15) is 0 Å². The molecule has 0 bridgehead atoms. The lowest BCUT2D eigenvalue weighted by molar-refractivity contribution is 0.123. The summed E-state index contributed by atoms with van der Waals surface area (Å²) in [5.74, 6) is 0.748. The smallest absolute Gasteiger partial charge is 0.328 e. The highest BCUT2D eigenvalue weighted by Gasteiger charge is 2.24. The van der Waals surface area contributed by atoms with Crippen LogP contribution in [0.15, 0.2) is 47.9 Å². The van der Waals surface area contributed by atoms with Gasteiger partial charge in [0.15, 0.2) is 5.82 Å². The van der Waals surface area contributed by atoms with Gasteiger partial charge in [0.05, 0.1) is 81.0 Å². The number of imidazole rings is 3. The fraction of sp³-hybridized carbons (Fsp3) is 0.296. The number of thiazole rings is 1. The first-order valence-electron chi connectivity index (χ1n) is 12.7. The van der Waals surface area contributed by atoms with Crippen LogP contribution in [-0.4, -0.2) is 64.5 Å². The maximum absolute atomic E-state index is 13.0. The normalized spacial score (nSPS) is 14.2. The molecule has 0 amide bonds. The number of anilines is 1. The average molecular weight is 542 g/mol. The van der Waals surface area contributed by atoms with Crippen LogP contribution in [-0.2, 0) is 25.9 Å². The van der Waals surface area contributed by atoms with Crippen LogP contribution >= 0.6 is 11.3 Å².